The molecule has 1 aromatic carbocycles. The first kappa shape index (κ1) is 18.3. The first-order valence-electron chi connectivity index (χ1n) is 8.14. The molecule has 3 N–H and O–H groups in total. The van der Waals surface area contributed by atoms with E-state index in [1.165, 1.54) is 0 Å². The number of fused-ring (bicyclic) bond motifs is 1. The number of nitrogens with two attached hydrogens (primary N) is 1. The molecule has 0 fully saturated rings. The van der Waals surface area contributed by atoms with Crippen LogP contribution >= 0.6 is 11.8 Å². The Hall–Kier alpha value is -1.04. The summed E-state index contributed by atoms with van der Waals surface area (Å²) >= 11 is 1.96. The Balaban J connectivity index is 2.01. The summed E-state index contributed by atoms with van der Waals surface area (Å²) in [6.07, 6.45) is 0.172. The Labute approximate surface area is 144 Å². The summed E-state index contributed by atoms with van der Waals surface area (Å²) in [5.41, 5.74) is 9.11. The largest absolute Gasteiger partial charge is 0.391 e. The molecule has 5 heteroatoms. The van der Waals surface area contributed by atoms with Crippen LogP contribution in [0.3, 0.4) is 0 Å². The summed E-state index contributed by atoms with van der Waals surface area (Å²) in [6, 6.07) is 5.76. The van der Waals surface area contributed by atoms with E-state index in [-0.39, 0.29) is 6.04 Å². The van der Waals surface area contributed by atoms with Gasteiger partial charge in [-0.15, -0.1) is 0 Å². The van der Waals surface area contributed by atoms with Gasteiger partial charge in [0.2, 0.25) is 0 Å². The molecule has 0 unspecified atom stereocenters. The zero-order valence-electron chi connectivity index (χ0n) is 14.8. The summed E-state index contributed by atoms with van der Waals surface area (Å²) in [4.78, 5) is 6.89. The number of aliphatic hydroxyl groups is 1. The highest BCUT2D eigenvalue weighted by Crippen LogP contribution is 2.32. The number of aliphatic hydroxyl groups excluding tert-OH is 1. The molecule has 0 saturated heterocycles. The van der Waals surface area contributed by atoms with Crippen LogP contribution in [-0.4, -0.2) is 46.0 Å². The van der Waals surface area contributed by atoms with Gasteiger partial charge in [-0.1, -0.05) is 26.8 Å². The quantitative estimate of drug-likeness (QED) is 0.655. The average Bonchev–Trinajstić information content (AvgIpc) is 2.73. The Morgan fingerprint density at radius 3 is 2.78 bits per heavy atom. The predicted molar refractivity (Wildman–Crippen MR) is 101 cm³/mol. The molecule has 23 heavy (non-hydrogen) atoms. The van der Waals surface area contributed by atoms with Gasteiger partial charge in [0.1, 0.15) is 5.84 Å². The molecule has 0 aromatic heterocycles. The Kier molecular flexibility index (Phi) is 5.76. The third-order valence-corrected chi connectivity index (χ3v) is 5.39. The fourth-order valence-electron chi connectivity index (χ4n) is 2.63. The minimum Gasteiger partial charge on any atom is -0.391 e. The van der Waals surface area contributed by atoms with Crippen LogP contribution in [0.1, 0.15) is 44.9 Å². The molecule has 0 bridgehead atoms. The fourth-order valence-corrected chi connectivity index (χ4v) is 3.61. The molecule has 1 aliphatic rings. The lowest BCUT2D eigenvalue weighted by Crippen LogP contribution is -2.27. The SMILES string of the molecule is CC(=Nc1ccc2c(c1)[C@@H](N)[C@H](O)C2)N(C)CCSC(C)(C)C. The summed E-state index contributed by atoms with van der Waals surface area (Å²) in [7, 11) is 2.07. The van der Waals surface area contributed by atoms with Crippen molar-refractivity contribution >= 4 is 23.3 Å². The van der Waals surface area contributed by atoms with Crippen LogP contribution in [-0.2, 0) is 6.42 Å². The van der Waals surface area contributed by atoms with Crippen LogP contribution in [0.4, 0.5) is 5.69 Å². The lowest BCUT2D eigenvalue weighted by Gasteiger charge is -2.22. The third kappa shape index (κ3) is 4.96. The van der Waals surface area contributed by atoms with Gasteiger partial charge in [0.05, 0.1) is 17.8 Å². The molecular formula is C18H29N3OS. The maximum atomic E-state index is 9.87. The van der Waals surface area contributed by atoms with Gasteiger partial charge in [-0.25, -0.2) is 4.99 Å². The molecular weight excluding hydrogens is 306 g/mol. The highest BCUT2D eigenvalue weighted by atomic mass is 32.2. The van der Waals surface area contributed by atoms with Crippen molar-refractivity contribution < 1.29 is 5.11 Å². The van der Waals surface area contributed by atoms with Crippen LogP contribution < -0.4 is 5.73 Å². The van der Waals surface area contributed by atoms with E-state index in [4.69, 9.17) is 10.7 Å². The van der Waals surface area contributed by atoms with E-state index < -0.39 is 6.10 Å². The second kappa shape index (κ2) is 7.24. The molecule has 2 rings (SSSR count). The fraction of sp³-hybridized carbons (Fsp3) is 0.611. The van der Waals surface area contributed by atoms with Crippen molar-refractivity contribution in [3.8, 4) is 0 Å². The number of rotatable bonds is 4. The molecule has 0 heterocycles. The Bertz CT molecular complexity index is 580. The van der Waals surface area contributed by atoms with Crippen molar-refractivity contribution in [3.05, 3.63) is 29.3 Å². The van der Waals surface area contributed by atoms with Gasteiger partial charge in [0.15, 0.2) is 0 Å². The molecule has 0 radical (unpaired) electrons. The zero-order chi connectivity index (χ0) is 17.2. The van der Waals surface area contributed by atoms with E-state index in [2.05, 4.69) is 32.7 Å². The molecule has 1 aliphatic carbocycles. The van der Waals surface area contributed by atoms with E-state index in [0.29, 0.717) is 11.2 Å². The molecule has 0 amide bonds. The van der Waals surface area contributed by atoms with Crippen molar-refractivity contribution in [2.75, 3.05) is 19.3 Å². The van der Waals surface area contributed by atoms with Gasteiger partial charge >= 0.3 is 0 Å². The van der Waals surface area contributed by atoms with Crippen molar-refractivity contribution in [1.29, 1.82) is 0 Å². The number of hydrogen-bond acceptors (Lipinski definition) is 4. The van der Waals surface area contributed by atoms with E-state index in [1.54, 1.807) is 0 Å². The number of aliphatic imine (C=N–C) groups is 1. The lowest BCUT2D eigenvalue weighted by molar-refractivity contribution is 0.158. The van der Waals surface area contributed by atoms with Crippen molar-refractivity contribution in [2.45, 2.75) is 51.0 Å². The van der Waals surface area contributed by atoms with Crippen molar-refractivity contribution in [1.82, 2.24) is 4.90 Å². The maximum Gasteiger partial charge on any atom is 0.101 e. The molecule has 1 aromatic rings. The van der Waals surface area contributed by atoms with Crippen LogP contribution in [0.15, 0.2) is 23.2 Å². The van der Waals surface area contributed by atoms with Crippen LogP contribution in [0.25, 0.3) is 0 Å². The van der Waals surface area contributed by atoms with E-state index in [1.807, 2.05) is 36.9 Å². The molecule has 128 valence electrons. The second-order valence-electron chi connectivity index (χ2n) is 7.22. The monoisotopic (exact) mass is 335 g/mol. The summed E-state index contributed by atoms with van der Waals surface area (Å²) in [6.45, 7) is 9.71. The molecule has 2 atom stereocenters. The van der Waals surface area contributed by atoms with Gasteiger partial charge in [-0.05, 0) is 30.2 Å². The van der Waals surface area contributed by atoms with Gasteiger partial charge in [0, 0.05) is 30.5 Å². The van der Waals surface area contributed by atoms with Crippen molar-refractivity contribution in [2.24, 2.45) is 10.7 Å². The van der Waals surface area contributed by atoms with Crippen LogP contribution in [0, 0.1) is 0 Å². The first-order chi connectivity index (χ1) is 10.7. The Morgan fingerprint density at radius 2 is 2.13 bits per heavy atom. The van der Waals surface area contributed by atoms with E-state index >= 15 is 0 Å². The highest BCUT2D eigenvalue weighted by Gasteiger charge is 2.27. The van der Waals surface area contributed by atoms with E-state index in [9.17, 15) is 5.11 Å². The van der Waals surface area contributed by atoms with Gasteiger partial charge < -0.3 is 15.7 Å². The number of nitrogens with zero attached hydrogens (tertiary/aromatic N) is 2. The number of hydrogen-bond donors (Lipinski definition) is 2. The Morgan fingerprint density at radius 1 is 1.43 bits per heavy atom. The number of thioether (sulfide) groups is 1. The molecule has 0 spiro atoms. The standard InChI is InChI=1S/C18H29N3OS/c1-12(21(5)8-9-23-18(2,3)4)20-14-7-6-13-10-16(22)17(19)15(13)11-14/h6-7,11,16-17,22H,8-10,19H2,1-5H3/t16-,17-/m1/s1. The first-order valence-corrected chi connectivity index (χ1v) is 9.13. The number of benzene rings is 1. The molecule has 0 saturated carbocycles. The lowest BCUT2D eigenvalue weighted by atomic mass is 10.1. The van der Waals surface area contributed by atoms with Gasteiger partial charge in [0.25, 0.3) is 0 Å². The van der Waals surface area contributed by atoms with Crippen molar-refractivity contribution in [3.63, 3.8) is 0 Å². The second-order valence-corrected chi connectivity index (χ2v) is 9.14. The highest BCUT2D eigenvalue weighted by molar-refractivity contribution is 8.00. The maximum absolute atomic E-state index is 9.87. The number of amidine groups is 1. The average molecular weight is 336 g/mol. The minimum atomic E-state index is -0.470. The summed E-state index contributed by atoms with van der Waals surface area (Å²) < 4.78 is 0.294. The van der Waals surface area contributed by atoms with Crippen LogP contribution in [0.5, 0.6) is 0 Å². The topological polar surface area (TPSA) is 61.9 Å². The zero-order valence-corrected chi connectivity index (χ0v) is 15.7. The van der Waals surface area contributed by atoms with Crippen LogP contribution in [0.2, 0.25) is 0 Å². The predicted octanol–water partition coefficient (Wildman–Crippen LogP) is 3.12. The van der Waals surface area contributed by atoms with Gasteiger partial charge in [-0.3, -0.25) is 0 Å². The molecule has 0 aliphatic heterocycles. The third-order valence-electron chi connectivity index (χ3n) is 4.14. The van der Waals surface area contributed by atoms with E-state index in [0.717, 1.165) is 34.9 Å². The van der Waals surface area contributed by atoms with Gasteiger partial charge in [-0.2, -0.15) is 11.8 Å². The minimum absolute atomic E-state index is 0.290. The summed E-state index contributed by atoms with van der Waals surface area (Å²) in [5, 5.41) is 9.87. The summed E-state index contributed by atoms with van der Waals surface area (Å²) in [5.74, 6) is 2.07. The molecule has 4 nitrogen and oxygen atoms in total. The normalized spacial score (nSPS) is 21.4. The smallest absolute Gasteiger partial charge is 0.101 e.